The fourth-order valence-electron chi connectivity index (χ4n) is 2.65. The van der Waals surface area contributed by atoms with Crippen LogP contribution in [0.25, 0.3) is 0 Å². The molecule has 0 radical (unpaired) electrons. The first-order chi connectivity index (χ1) is 11.1. The van der Waals surface area contributed by atoms with Crippen molar-refractivity contribution in [3.05, 3.63) is 18.2 Å². The zero-order chi connectivity index (χ0) is 16.8. The van der Waals surface area contributed by atoms with E-state index in [9.17, 15) is 4.79 Å². The molecule has 2 rings (SSSR count). The smallest absolute Gasteiger partial charge is 0.239 e. The fraction of sp³-hybridized carbons (Fsp3) is 0.562. The molecule has 2 unspecified atom stereocenters. The van der Waals surface area contributed by atoms with Crippen molar-refractivity contribution in [2.45, 2.75) is 18.5 Å². The van der Waals surface area contributed by atoms with Gasteiger partial charge in [-0.3, -0.25) is 4.79 Å². The SMILES string of the molecule is COCC(N)C(=O)NC1CCN(c2cc(OC)cc(OC)c2)C1. The third kappa shape index (κ3) is 4.49. The van der Waals surface area contributed by atoms with Gasteiger partial charge in [0.25, 0.3) is 0 Å². The van der Waals surface area contributed by atoms with Gasteiger partial charge in [0, 0.05) is 50.1 Å². The summed E-state index contributed by atoms with van der Waals surface area (Å²) in [5, 5.41) is 2.97. The molecular formula is C16H25N3O4. The summed E-state index contributed by atoms with van der Waals surface area (Å²) in [5.74, 6) is 1.31. The van der Waals surface area contributed by atoms with E-state index in [-0.39, 0.29) is 18.6 Å². The Morgan fingerprint density at radius 2 is 1.96 bits per heavy atom. The van der Waals surface area contributed by atoms with E-state index in [0.717, 1.165) is 36.7 Å². The molecule has 0 spiro atoms. The van der Waals surface area contributed by atoms with Gasteiger partial charge >= 0.3 is 0 Å². The summed E-state index contributed by atoms with van der Waals surface area (Å²) in [5.41, 5.74) is 6.76. The molecule has 2 atom stereocenters. The lowest BCUT2D eigenvalue weighted by atomic mass is 10.2. The van der Waals surface area contributed by atoms with Gasteiger partial charge in [-0.2, -0.15) is 0 Å². The molecule has 1 aromatic rings. The Morgan fingerprint density at radius 1 is 1.30 bits per heavy atom. The van der Waals surface area contributed by atoms with Crippen LogP contribution >= 0.6 is 0 Å². The monoisotopic (exact) mass is 323 g/mol. The Kier molecular flexibility index (Phi) is 6.06. The predicted molar refractivity (Wildman–Crippen MR) is 88.2 cm³/mol. The number of anilines is 1. The first kappa shape index (κ1) is 17.4. The summed E-state index contributed by atoms with van der Waals surface area (Å²) in [6.07, 6.45) is 0.866. The second-order valence-corrected chi connectivity index (χ2v) is 5.57. The summed E-state index contributed by atoms with van der Waals surface area (Å²) < 4.78 is 15.5. The minimum atomic E-state index is -0.633. The standard InChI is InChI=1S/C16H25N3O4/c1-21-10-15(17)16(20)18-11-4-5-19(9-11)12-6-13(22-2)8-14(7-12)23-3/h6-8,11,15H,4-5,9-10,17H2,1-3H3,(H,18,20). The largest absolute Gasteiger partial charge is 0.497 e. The minimum Gasteiger partial charge on any atom is -0.497 e. The molecule has 0 saturated carbocycles. The molecule has 1 aliphatic heterocycles. The van der Waals surface area contributed by atoms with Crippen molar-refractivity contribution in [1.29, 1.82) is 0 Å². The molecule has 7 heteroatoms. The Labute approximate surface area is 136 Å². The van der Waals surface area contributed by atoms with Crippen LogP contribution in [0, 0.1) is 0 Å². The van der Waals surface area contributed by atoms with Crippen LogP contribution in [0.2, 0.25) is 0 Å². The quantitative estimate of drug-likeness (QED) is 0.754. The van der Waals surface area contributed by atoms with Gasteiger partial charge < -0.3 is 30.2 Å². The number of amides is 1. The molecule has 1 amide bonds. The number of nitrogens with one attached hydrogen (secondary N) is 1. The Bertz CT molecular complexity index is 516. The van der Waals surface area contributed by atoms with E-state index < -0.39 is 6.04 Å². The molecule has 23 heavy (non-hydrogen) atoms. The molecule has 1 heterocycles. The summed E-state index contributed by atoms with van der Waals surface area (Å²) in [6.45, 7) is 1.79. The van der Waals surface area contributed by atoms with Crippen molar-refractivity contribution in [3.8, 4) is 11.5 Å². The van der Waals surface area contributed by atoms with E-state index in [1.165, 1.54) is 7.11 Å². The number of hydrogen-bond donors (Lipinski definition) is 2. The third-order valence-electron chi connectivity index (χ3n) is 3.92. The van der Waals surface area contributed by atoms with Gasteiger partial charge in [0.1, 0.15) is 17.5 Å². The van der Waals surface area contributed by atoms with Crippen LogP contribution in [0.1, 0.15) is 6.42 Å². The molecule has 0 aromatic heterocycles. The maximum atomic E-state index is 12.0. The zero-order valence-electron chi connectivity index (χ0n) is 13.9. The summed E-state index contributed by atoms with van der Waals surface area (Å²) >= 11 is 0. The third-order valence-corrected chi connectivity index (χ3v) is 3.92. The first-order valence-corrected chi connectivity index (χ1v) is 7.60. The van der Waals surface area contributed by atoms with Crippen LogP contribution in [-0.2, 0) is 9.53 Å². The van der Waals surface area contributed by atoms with Crippen LogP contribution < -0.4 is 25.4 Å². The average molecular weight is 323 g/mol. The Balaban J connectivity index is 1.98. The van der Waals surface area contributed by atoms with E-state index in [2.05, 4.69) is 10.2 Å². The van der Waals surface area contributed by atoms with Crippen molar-refractivity contribution in [2.75, 3.05) is 45.9 Å². The molecule has 1 saturated heterocycles. The lowest BCUT2D eigenvalue weighted by Crippen LogP contribution is -2.48. The van der Waals surface area contributed by atoms with Gasteiger partial charge in [0.15, 0.2) is 0 Å². The highest BCUT2D eigenvalue weighted by atomic mass is 16.5. The highest BCUT2D eigenvalue weighted by Gasteiger charge is 2.26. The van der Waals surface area contributed by atoms with E-state index in [1.54, 1.807) is 14.2 Å². The first-order valence-electron chi connectivity index (χ1n) is 7.60. The number of carbonyl (C=O) groups is 1. The second kappa shape index (κ2) is 8.03. The molecule has 0 bridgehead atoms. The van der Waals surface area contributed by atoms with Gasteiger partial charge in [-0.1, -0.05) is 0 Å². The maximum absolute atomic E-state index is 12.0. The van der Waals surface area contributed by atoms with Crippen LogP contribution in [0.5, 0.6) is 11.5 Å². The number of benzene rings is 1. The predicted octanol–water partition coefficient (Wildman–Crippen LogP) is 0.372. The van der Waals surface area contributed by atoms with Crippen molar-refractivity contribution < 1.29 is 19.0 Å². The Hall–Kier alpha value is -1.99. The normalized spacial score (nSPS) is 18.6. The summed E-state index contributed by atoms with van der Waals surface area (Å²) in [7, 11) is 4.78. The second-order valence-electron chi connectivity index (χ2n) is 5.57. The fourth-order valence-corrected chi connectivity index (χ4v) is 2.65. The topological polar surface area (TPSA) is 86.0 Å². The highest BCUT2D eigenvalue weighted by Crippen LogP contribution is 2.30. The molecule has 0 aliphatic carbocycles. The van der Waals surface area contributed by atoms with Crippen LogP contribution in [0.4, 0.5) is 5.69 Å². The molecule has 1 fully saturated rings. The van der Waals surface area contributed by atoms with Gasteiger partial charge in [0.05, 0.1) is 20.8 Å². The van der Waals surface area contributed by atoms with Gasteiger partial charge in [-0.15, -0.1) is 0 Å². The number of methoxy groups -OCH3 is 3. The van der Waals surface area contributed by atoms with E-state index >= 15 is 0 Å². The molecular weight excluding hydrogens is 298 g/mol. The zero-order valence-corrected chi connectivity index (χ0v) is 13.9. The molecule has 128 valence electrons. The van der Waals surface area contributed by atoms with Gasteiger partial charge in [-0.05, 0) is 6.42 Å². The number of nitrogens with zero attached hydrogens (tertiary/aromatic N) is 1. The van der Waals surface area contributed by atoms with Gasteiger partial charge in [0.2, 0.25) is 5.91 Å². The maximum Gasteiger partial charge on any atom is 0.239 e. The molecule has 1 aromatic carbocycles. The molecule has 7 nitrogen and oxygen atoms in total. The van der Waals surface area contributed by atoms with Crippen LogP contribution in [0.15, 0.2) is 18.2 Å². The number of carbonyl (C=O) groups excluding carboxylic acids is 1. The van der Waals surface area contributed by atoms with Gasteiger partial charge in [-0.25, -0.2) is 0 Å². The lowest BCUT2D eigenvalue weighted by Gasteiger charge is -2.21. The summed E-state index contributed by atoms with van der Waals surface area (Å²) in [6, 6.07) is 5.20. The van der Waals surface area contributed by atoms with Crippen LogP contribution in [0.3, 0.4) is 0 Å². The number of ether oxygens (including phenoxy) is 3. The Morgan fingerprint density at radius 3 is 2.52 bits per heavy atom. The van der Waals surface area contributed by atoms with Crippen molar-refractivity contribution in [2.24, 2.45) is 5.73 Å². The number of hydrogen-bond acceptors (Lipinski definition) is 6. The summed E-state index contributed by atoms with van der Waals surface area (Å²) in [4.78, 5) is 14.2. The molecule has 3 N–H and O–H groups in total. The van der Waals surface area contributed by atoms with Crippen molar-refractivity contribution >= 4 is 11.6 Å². The molecule has 1 aliphatic rings. The van der Waals surface area contributed by atoms with E-state index in [0.29, 0.717) is 0 Å². The van der Waals surface area contributed by atoms with Crippen molar-refractivity contribution in [1.82, 2.24) is 5.32 Å². The van der Waals surface area contributed by atoms with Crippen molar-refractivity contribution in [3.63, 3.8) is 0 Å². The lowest BCUT2D eigenvalue weighted by molar-refractivity contribution is -0.124. The highest BCUT2D eigenvalue weighted by molar-refractivity contribution is 5.82. The van der Waals surface area contributed by atoms with Crippen LogP contribution in [-0.4, -0.2) is 59.0 Å². The minimum absolute atomic E-state index is 0.0719. The van der Waals surface area contributed by atoms with E-state index in [1.807, 2.05) is 18.2 Å². The van der Waals surface area contributed by atoms with E-state index in [4.69, 9.17) is 19.9 Å². The average Bonchev–Trinajstić information content (AvgIpc) is 3.03. The number of rotatable bonds is 7. The number of nitrogens with two attached hydrogens (primary N) is 1.